The topological polar surface area (TPSA) is 20.3 Å². The van der Waals surface area contributed by atoms with Gasteiger partial charge < -0.3 is 4.90 Å². The van der Waals surface area contributed by atoms with Crippen LogP contribution in [0.2, 0.25) is 0 Å². The average molecular weight is 291 g/mol. The van der Waals surface area contributed by atoms with Crippen LogP contribution in [0.3, 0.4) is 0 Å². The number of rotatable bonds is 6. The third kappa shape index (κ3) is 3.85. The minimum Gasteiger partial charge on any atom is -0.335 e. The summed E-state index contributed by atoms with van der Waals surface area (Å²) in [7, 11) is 0. The summed E-state index contributed by atoms with van der Waals surface area (Å²) < 4.78 is 0. The van der Waals surface area contributed by atoms with E-state index in [-0.39, 0.29) is 0 Å². The number of thiophene rings is 1. The molecule has 20 heavy (non-hydrogen) atoms. The molecule has 2 nitrogen and oxygen atoms in total. The van der Waals surface area contributed by atoms with Crippen molar-refractivity contribution >= 4 is 17.2 Å². The van der Waals surface area contributed by atoms with Crippen LogP contribution in [-0.4, -0.2) is 16.8 Å². The van der Waals surface area contributed by atoms with E-state index in [2.05, 4.69) is 21.7 Å². The van der Waals surface area contributed by atoms with Crippen LogP contribution in [0.1, 0.15) is 63.4 Å². The van der Waals surface area contributed by atoms with Crippen molar-refractivity contribution in [1.82, 2.24) is 4.90 Å². The zero-order chi connectivity index (χ0) is 13.8. The highest BCUT2D eigenvalue weighted by Crippen LogP contribution is 2.31. The lowest BCUT2D eigenvalue weighted by molar-refractivity contribution is -0.132. The van der Waals surface area contributed by atoms with E-state index in [4.69, 9.17) is 0 Å². The zero-order valence-corrected chi connectivity index (χ0v) is 13.0. The van der Waals surface area contributed by atoms with Crippen molar-refractivity contribution in [2.24, 2.45) is 5.92 Å². The highest BCUT2D eigenvalue weighted by Gasteiger charge is 2.32. The van der Waals surface area contributed by atoms with Gasteiger partial charge in [-0.25, -0.2) is 0 Å². The van der Waals surface area contributed by atoms with Crippen LogP contribution in [0, 0.1) is 5.92 Å². The first-order chi connectivity index (χ1) is 9.83. The van der Waals surface area contributed by atoms with Gasteiger partial charge in [0.1, 0.15) is 0 Å². The van der Waals surface area contributed by atoms with Crippen molar-refractivity contribution in [3.05, 3.63) is 22.4 Å². The molecule has 3 rings (SSSR count). The Morgan fingerprint density at radius 2 is 2.00 bits per heavy atom. The van der Waals surface area contributed by atoms with Crippen LogP contribution >= 0.6 is 11.3 Å². The number of amides is 1. The molecular weight excluding hydrogens is 266 g/mol. The van der Waals surface area contributed by atoms with Gasteiger partial charge in [-0.15, -0.1) is 0 Å². The fourth-order valence-electron chi connectivity index (χ4n) is 3.33. The molecule has 3 heteroatoms. The van der Waals surface area contributed by atoms with Crippen molar-refractivity contribution < 1.29 is 4.79 Å². The normalized spacial score (nSPS) is 20.0. The van der Waals surface area contributed by atoms with Crippen molar-refractivity contribution in [1.29, 1.82) is 0 Å². The molecule has 0 aromatic carbocycles. The highest BCUT2D eigenvalue weighted by molar-refractivity contribution is 7.07. The van der Waals surface area contributed by atoms with Gasteiger partial charge in [0.05, 0.1) is 0 Å². The molecule has 0 saturated heterocycles. The standard InChI is InChI=1S/C17H25NOS/c19-17(9-6-14-4-2-1-3-5-14)18(16-7-8-16)12-15-10-11-20-13-15/h10-11,13-14,16H,1-9,12H2. The molecule has 1 heterocycles. The van der Waals surface area contributed by atoms with E-state index in [0.717, 1.165) is 25.3 Å². The summed E-state index contributed by atoms with van der Waals surface area (Å²) in [6.45, 7) is 0.831. The van der Waals surface area contributed by atoms with Crippen LogP contribution in [0.15, 0.2) is 16.8 Å². The van der Waals surface area contributed by atoms with Crippen molar-refractivity contribution in [2.75, 3.05) is 0 Å². The molecule has 1 amide bonds. The summed E-state index contributed by atoms with van der Waals surface area (Å²) in [6, 6.07) is 2.68. The predicted molar refractivity (Wildman–Crippen MR) is 83.7 cm³/mol. The van der Waals surface area contributed by atoms with E-state index in [9.17, 15) is 4.79 Å². The molecule has 0 aliphatic heterocycles. The summed E-state index contributed by atoms with van der Waals surface area (Å²) in [5.41, 5.74) is 1.30. The maximum Gasteiger partial charge on any atom is 0.223 e. The lowest BCUT2D eigenvalue weighted by Gasteiger charge is -2.25. The molecule has 2 saturated carbocycles. The lowest BCUT2D eigenvalue weighted by Crippen LogP contribution is -2.32. The average Bonchev–Trinajstić information content (AvgIpc) is 3.20. The van der Waals surface area contributed by atoms with Gasteiger partial charge in [0.15, 0.2) is 0 Å². The highest BCUT2D eigenvalue weighted by atomic mass is 32.1. The molecule has 110 valence electrons. The Hall–Kier alpha value is -0.830. The lowest BCUT2D eigenvalue weighted by atomic mass is 9.86. The quantitative estimate of drug-likeness (QED) is 0.750. The maximum atomic E-state index is 12.5. The number of carbonyl (C=O) groups excluding carboxylic acids is 1. The molecule has 2 fully saturated rings. The summed E-state index contributed by atoms with van der Waals surface area (Å²) in [6.07, 6.45) is 11.1. The molecule has 1 aromatic heterocycles. The first kappa shape index (κ1) is 14.1. The van der Waals surface area contributed by atoms with Crippen LogP contribution in [-0.2, 0) is 11.3 Å². The Bertz CT molecular complexity index is 418. The second-order valence-electron chi connectivity index (χ2n) is 6.43. The maximum absolute atomic E-state index is 12.5. The van der Waals surface area contributed by atoms with Gasteiger partial charge in [-0.05, 0) is 47.6 Å². The third-order valence-corrected chi connectivity index (χ3v) is 5.46. The van der Waals surface area contributed by atoms with E-state index < -0.39 is 0 Å². The van der Waals surface area contributed by atoms with Crippen LogP contribution in [0.4, 0.5) is 0 Å². The minimum atomic E-state index is 0.393. The molecule has 0 spiro atoms. The van der Waals surface area contributed by atoms with Gasteiger partial charge in [0, 0.05) is 19.0 Å². The Morgan fingerprint density at radius 3 is 2.65 bits per heavy atom. The Morgan fingerprint density at radius 1 is 1.20 bits per heavy atom. The molecule has 1 aromatic rings. The number of hydrogen-bond acceptors (Lipinski definition) is 2. The summed E-state index contributed by atoms with van der Waals surface area (Å²) in [4.78, 5) is 14.7. The molecule has 2 aliphatic carbocycles. The summed E-state index contributed by atoms with van der Waals surface area (Å²) >= 11 is 1.72. The molecule has 0 N–H and O–H groups in total. The molecular formula is C17H25NOS. The largest absolute Gasteiger partial charge is 0.335 e. The predicted octanol–water partition coefficient (Wildman–Crippen LogP) is 4.60. The van der Waals surface area contributed by atoms with Gasteiger partial charge >= 0.3 is 0 Å². The Balaban J connectivity index is 1.50. The monoisotopic (exact) mass is 291 g/mol. The first-order valence-electron chi connectivity index (χ1n) is 8.13. The fourth-order valence-corrected chi connectivity index (χ4v) is 3.99. The van der Waals surface area contributed by atoms with Gasteiger partial charge in [-0.3, -0.25) is 4.79 Å². The van der Waals surface area contributed by atoms with Crippen molar-refractivity contribution in [3.8, 4) is 0 Å². The van der Waals surface area contributed by atoms with Crippen LogP contribution in [0.5, 0.6) is 0 Å². The van der Waals surface area contributed by atoms with Gasteiger partial charge in [-0.1, -0.05) is 32.1 Å². The Kier molecular flexibility index (Phi) is 4.77. The van der Waals surface area contributed by atoms with E-state index in [1.54, 1.807) is 11.3 Å². The zero-order valence-electron chi connectivity index (χ0n) is 12.2. The number of hydrogen-bond donors (Lipinski definition) is 0. The van der Waals surface area contributed by atoms with Crippen LogP contribution < -0.4 is 0 Å². The van der Waals surface area contributed by atoms with E-state index >= 15 is 0 Å². The molecule has 2 aliphatic rings. The smallest absolute Gasteiger partial charge is 0.223 e. The fraction of sp³-hybridized carbons (Fsp3) is 0.706. The first-order valence-corrected chi connectivity index (χ1v) is 9.08. The SMILES string of the molecule is O=C(CCC1CCCCC1)N(Cc1ccsc1)C1CC1. The van der Waals surface area contributed by atoms with E-state index in [0.29, 0.717) is 11.9 Å². The summed E-state index contributed by atoms with van der Waals surface area (Å²) in [5, 5.41) is 4.27. The van der Waals surface area contributed by atoms with Crippen molar-refractivity contribution in [3.63, 3.8) is 0 Å². The molecule has 0 radical (unpaired) electrons. The molecule has 0 unspecified atom stereocenters. The van der Waals surface area contributed by atoms with Crippen molar-refractivity contribution in [2.45, 2.75) is 70.4 Å². The van der Waals surface area contributed by atoms with Crippen LogP contribution in [0.25, 0.3) is 0 Å². The van der Waals surface area contributed by atoms with Gasteiger partial charge in [0.25, 0.3) is 0 Å². The Labute approximate surface area is 126 Å². The van der Waals surface area contributed by atoms with Gasteiger partial charge in [0.2, 0.25) is 5.91 Å². The number of nitrogens with zero attached hydrogens (tertiary/aromatic N) is 1. The third-order valence-electron chi connectivity index (χ3n) is 4.73. The summed E-state index contributed by atoms with van der Waals surface area (Å²) in [5.74, 6) is 1.21. The van der Waals surface area contributed by atoms with E-state index in [1.165, 1.54) is 50.5 Å². The van der Waals surface area contributed by atoms with E-state index in [1.807, 2.05) is 0 Å². The second kappa shape index (κ2) is 6.75. The molecule has 0 bridgehead atoms. The number of carbonyl (C=O) groups is 1. The minimum absolute atomic E-state index is 0.393. The van der Waals surface area contributed by atoms with Gasteiger partial charge in [-0.2, -0.15) is 11.3 Å². The molecule has 0 atom stereocenters. The second-order valence-corrected chi connectivity index (χ2v) is 7.21.